The van der Waals surface area contributed by atoms with Gasteiger partial charge in [0.2, 0.25) is 5.91 Å². The number of aromatic carboxylic acids is 1. The van der Waals surface area contributed by atoms with Crippen LogP contribution in [0.1, 0.15) is 36.2 Å². The highest BCUT2D eigenvalue weighted by Crippen LogP contribution is 2.26. The van der Waals surface area contributed by atoms with Gasteiger partial charge in [0.05, 0.1) is 0 Å². The maximum atomic E-state index is 11.7. The normalized spacial score (nSPS) is 14.3. The molecule has 0 bridgehead atoms. The van der Waals surface area contributed by atoms with Gasteiger partial charge in [0.25, 0.3) is 0 Å². The van der Waals surface area contributed by atoms with Gasteiger partial charge in [0, 0.05) is 26.1 Å². The number of nitrogens with one attached hydrogen (secondary N) is 1. The van der Waals surface area contributed by atoms with E-state index in [1.807, 2.05) is 11.9 Å². The zero-order valence-electron chi connectivity index (χ0n) is 12.2. The maximum Gasteiger partial charge on any atom is 0.354 e. The summed E-state index contributed by atoms with van der Waals surface area (Å²) in [5.74, 6) is -0.0234. The Balaban J connectivity index is 1.73. The van der Waals surface area contributed by atoms with Crippen LogP contribution in [0.2, 0.25) is 0 Å². The van der Waals surface area contributed by atoms with Crippen molar-refractivity contribution in [3.05, 3.63) is 23.9 Å². The van der Waals surface area contributed by atoms with Gasteiger partial charge in [-0.25, -0.2) is 9.78 Å². The number of amides is 1. The lowest BCUT2D eigenvalue weighted by Gasteiger charge is -2.24. The number of nitrogens with zero attached hydrogens (tertiary/aromatic N) is 2. The Bertz CT molecular complexity index is 515. The number of anilines is 1. The third-order valence-corrected chi connectivity index (χ3v) is 3.79. The van der Waals surface area contributed by atoms with Crippen molar-refractivity contribution in [2.75, 3.05) is 25.0 Å². The number of pyridine rings is 1. The number of carboxylic acids is 1. The first-order valence-electron chi connectivity index (χ1n) is 7.27. The first kappa shape index (κ1) is 15.3. The van der Waals surface area contributed by atoms with E-state index < -0.39 is 5.97 Å². The summed E-state index contributed by atoms with van der Waals surface area (Å²) in [6.07, 6.45) is 3.98. The second-order valence-corrected chi connectivity index (χ2v) is 5.38. The number of aromatic nitrogens is 1. The SMILES string of the molecule is CN(CCCNC(=O)C1CCC1)c1cccc(C(=O)O)n1. The number of hydrogen-bond donors (Lipinski definition) is 2. The quantitative estimate of drug-likeness (QED) is 0.744. The maximum absolute atomic E-state index is 11.7. The lowest BCUT2D eigenvalue weighted by Crippen LogP contribution is -2.36. The van der Waals surface area contributed by atoms with E-state index in [0.717, 1.165) is 25.7 Å². The fourth-order valence-electron chi connectivity index (χ4n) is 2.21. The molecule has 0 atom stereocenters. The van der Waals surface area contributed by atoms with Gasteiger partial charge in [-0.3, -0.25) is 4.79 Å². The molecular formula is C15H21N3O3. The Morgan fingerprint density at radius 3 is 2.81 bits per heavy atom. The topological polar surface area (TPSA) is 82.5 Å². The van der Waals surface area contributed by atoms with E-state index in [4.69, 9.17) is 5.11 Å². The Labute approximate surface area is 124 Å². The molecular weight excluding hydrogens is 270 g/mol. The molecule has 0 aliphatic heterocycles. The molecule has 6 nitrogen and oxygen atoms in total. The average Bonchev–Trinajstić information content (AvgIpc) is 2.41. The third kappa shape index (κ3) is 4.18. The van der Waals surface area contributed by atoms with Crippen LogP contribution in [0.5, 0.6) is 0 Å². The summed E-state index contributed by atoms with van der Waals surface area (Å²) in [5.41, 5.74) is 0.0395. The smallest absolute Gasteiger partial charge is 0.354 e. The van der Waals surface area contributed by atoms with Crippen molar-refractivity contribution >= 4 is 17.7 Å². The Morgan fingerprint density at radius 1 is 1.43 bits per heavy atom. The van der Waals surface area contributed by atoms with Crippen molar-refractivity contribution in [1.82, 2.24) is 10.3 Å². The molecule has 6 heteroatoms. The average molecular weight is 291 g/mol. The molecule has 1 aliphatic carbocycles. The Morgan fingerprint density at radius 2 is 2.19 bits per heavy atom. The van der Waals surface area contributed by atoms with Crippen molar-refractivity contribution in [2.24, 2.45) is 5.92 Å². The number of carboxylic acid groups (broad SMARTS) is 1. The molecule has 21 heavy (non-hydrogen) atoms. The summed E-state index contributed by atoms with van der Waals surface area (Å²) in [5, 5.41) is 11.9. The molecule has 0 unspecified atom stereocenters. The zero-order valence-corrected chi connectivity index (χ0v) is 12.2. The number of rotatable bonds is 7. The summed E-state index contributed by atoms with van der Waals surface area (Å²) in [6.45, 7) is 1.35. The van der Waals surface area contributed by atoms with Gasteiger partial charge in [0.1, 0.15) is 5.82 Å². The third-order valence-electron chi connectivity index (χ3n) is 3.79. The van der Waals surface area contributed by atoms with Gasteiger partial charge in [0.15, 0.2) is 5.69 Å². The highest BCUT2D eigenvalue weighted by Gasteiger charge is 2.24. The van der Waals surface area contributed by atoms with Crippen LogP contribution in [0.4, 0.5) is 5.82 Å². The lowest BCUT2D eigenvalue weighted by atomic mass is 9.85. The first-order chi connectivity index (χ1) is 10.1. The highest BCUT2D eigenvalue weighted by molar-refractivity contribution is 5.85. The second-order valence-electron chi connectivity index (χ2n) is 5.38. The van der Waals surface area contributed by atoms with Crippen LogP contribution >= 0.6 is 0 Å². The van der Waals surface area contributed by atoms with E-state index in [0.29, 0.717) is 18.9 Å². The molecule has 114 valence electrons. The van der Waals surface area contributed by atoms with Gasteiger partial charge in [-0.1, -0.05) is 12.5 Å². The molecule has 1 aromatic rings. The molecule has 0 aromatic carbocycles. The van der Waals surface area contributed by atoms with E-state index in [2.05, 4.69) is 10.3 Å². The molecule has 1 fully saturated rings. The van der Waals surface area contributed by atoms with Crippen LogP contribution in [0.25, 0.3) is 0 Å². The first-order valence-corrected chi connectivity index (χ1v) is 7.27. The van der Waals surface area contributed by atoms with E-state index in [9.17, 15) is 9.59 Å². The predicted octanol–water partition coefficient (Wildman–Crippen LogP) is 1.52. The fraction of sp³-hybridized carbons (Fsp3) is 0.533. The molecule has 1 aliphatic rings. The van der Waals surface area contributed by atoms with Crippen molar-refractivity contribution in [3.8, 4) is 0 Å². The molecule has 2 N–H and O–H groups in total. The standard InChI is InChI=1S/C15H21N3O3/c1-18(13-8-3-7-12(17-13)15(20)21)10-4-9-16-14(19)11-5-2-6-11/h3,7-8,11H,2,4-6,9-10H2,1H3,(H,16,19)(H,20,21). The largest absolute Gasteiger partial charge is 0.477 e. The van der Waals surface area contributed by atoms with Crippen molar-refractivity contribution < 1.29 is 14.7 Å². The number of hydrogen-bond acceptors (Lipinski definition) is 4. The van der Waals surface area contributed by atoms with Crippen molar-refractivity contribution in [2.45, 2.75) is 25.7 Å². The van der Waals surface area contributed by atoms with E-state index >= 15 is 0 Å². The van der Waals surface area contributed by atoms with Gasteiger partial charge in [-0.05, 0) is 31.4 Å². The molecule has 0 radical (unpaired) electrons. The van der Waals surface area contributed by atoms with Crippen LogP contribution in [0, 0.1) is 5.92 Å². The fourth-order valence-corrected chi connectivity index (χ4v) is 2.21. The predicted molar refractivity (Wildman–Crippen MR) is 79.4 cm³/mol. The second kappa shape index (κ2) is 7.06. The molecule has 0 spiro atoms. The lowest BCUT2D eigenvalue weighted by molar-refractivity contribution is -0.127. The number of carbonyl (C=O) groups is 2. The van der Waals surface area contributed by atoms with Gasteiger partial charge in [-0.2, -0.15) is 0 Å². The van der Waals surface area contributed by atoms with Gasteiger partial charge >= 0.3 is 5.97 Å². The van der Waals surface area contributed by atoms with E-state index in [-0.39, 0.29) is 17.5 Å². The summed E-state index contributed by atoms with van der Waals surface area (Å²) in [6, 6.07) is 4.93. The molecule has 0 saturated heterocycles. The van der Waals surface area contributed by atoms with Crippen molar-refractivity contribution in [3.63, 3.8) is 0 Å². The zero-order chi connectivity index (χ0) is 15.2. The highest BCUT2D eigenvalue weighted by atomic mass is 16.4. The van der Waals surface area contributed by atoms with E-state index in [1.165, 1.54) is 6.07 Å². The van der Waals surface area contributed by atoms with Gasteiger partial charge < -0.3 is 15.3 Å². The van der Waals surface area contributed by atoms with Crippen molar-refractivity contribution in [1.29, 1.82) is 0 Å². The molecule has 1 amide bonds. The molecule has 1 heterocycles. The minimum absolute atomic E-state index is 0.0395. The Hall–Kier alpha value is -2.11. The Kier molecular flexibility index (Phi) is 5.14. The molecule has 1 saturated carbocycles. The monoisotopic (exact) mass is 291 g/mol. The summed E-state index contributed by atoms with van der Waals surface area (Å²) < 4.78 is 0. The molecule has 2 rings (SSSR count). The van der Waals surface area contributed by atoms with Crippen LogP contribution in [0.3, 0.4) is 0 Å². The summed E-state index contributed by atoms with van der Waals surface area (Å²) >= 11 is 0. The van der Waals surface area contributed by atoms with Crippen LogP contribution in [-0.2, 0) is 4.79 Å². The number of carbonyl (C=O) groups excluding carboxylic acids is 1. The van der Waals surface area contributed by atoms with Crippen LogP contribution in [-0.4, -0.2) is 42.1 Å². The molecule has 1 aromatic heterocycles. The summed E-state index contributed by atoms with van der Waals surface area (Å²) in [4.78, 5) is 28.5. The van der Waals surface area contributed by atoms with Crippen LogP contribution in [0.15, 0.2) is 18.2 Å². The summed E-state index contributed by atoms with van der Waals surface area (Å²) in [7, 11) is 1.86. The minimum atomic E-state index is -1.03. The minimum Gasteiger partial charge on any atom is -0.477 e. The van der Waals surface area contributed by atoms with E-state index in [1.54, 1.807) is 12.1 Å². The van der Waals surface area contributed by atoms with Crippen LogP contribution < -0.4 is 10.2 Å². The van der Waals surface area contributed by atoms with Gasteiger partial charge in [-0.15, -0.1) is 0 Å².